The van der Waals surface area contributed by atoms with Crippen molar-refractivity contribution in [1.29, 1.82) is 5.26 Å². The fourth-order valence-electron chi connectivity index (χ4n) is 2.21. The largest absolute Gasteiger partial charge is 0.295 e. The molecule has 0 saturated carbocycles. The van der Waals surface area contributed by atoms with Gasteiger partial charge in [-0.1, -0.05) is 37.6 Å². The second kappa shape index (κ2) is 11.2. The van der Waals surface area contributed by atoms with Crippen molar-refractivity contribution in [1.82, 2.24) is 0 Å². The third kappa shape index (κ3) is 6.94. The molecule has 3 nitrogen and oxygen atoms in total. The Kier molecular flexibility index (Phi) is 9.28. The minimum atomic E-state index is -0.0119. The number of carbonyl (C=O) groups is 1. The molecule has 4 heteroatoms. The summed E-state index contributed by atoms with van der Waals surface area (Å²) in [5.41, 5.74) is 3.58. The maximum absolute atomic E-state index is 10.8. The van der Waals surface area contributed by atoms with Crippen LogP contribution in [0.5, 0.6) is 0 Å². The molecule has 2 rings (SSSR count). The van der Waals surface area contributed by atoms with Crippen LogP contribution in [0.1, 0.15) is 48.2 Å². The van der Waals surface area contributed by atoms with Crippen molar-refractivity contribution >= 4 is 23.3 Å². The van der Waals surface area contributed by atoms with Crippen LogP contribution in [0, 0.1) is 11.3 Å². The van der Waals surface area contributed by atoms with Crippen molar-refractivity contribution in [2.75, 3.05) is 13.3 Å². The molecule has 0 radical (unpaired) electrons. The van der Waals surface area contributed by atoms with Gasteiger partial charge in [-0.3, -0.25) is 9.79 Å². The Hall–Kier alpha value is -2.38. The molecule has 0 aliphatic carbocycles. The van der Waals surface area contributed by atoms with E-state index >= 15 is 0 Å². The first-order valence-corrected chi connectivity index (χ1v) is 9.39. The lowest BCUT2D eigenvalue weighted by Gasteiger charge is -2.04. The lowest BCUT2D eigenvalue weighted by atomic mass is 10.1. The predicted octanol–water partition coefficient (Wildman–Crippen LogP) is 5.39. The number of nitriles is 1. The molecule has 0 fully saturated rings. The van der Waals surface area contributed by atoms with Gasteiger partial charge in [0.1, 0.15) is 0 Å². The summed E-state index contributed by atoms with van der Waals surface area (Å²) in [5.74, 6) is -0.0119. The number of hydrogen-bond donors (Lipinski definition) is 0. The molecule has 0 unspecified atom stereocenters. The van der Waals surface area contributed by atoms with Crippen LogP contribution in [0.4, 0.5) is 0 Å². The molecular weight excluding hydrogens is 328 g/mol. The first-order valence-electron chi connectivity index (χ1n) is 8.16. The van der Waals surface area contributed by atoms with Crippen LogP contribution in [0.2, 0.25) is 0 Å². The second-order valence-corrected chi connectivity index (χ2v) is 6.28. The lowest BCUT2D eigenvalue weighted by molar-refractivity contribution is 0.101. The van der Waals surface area contributed by atoms with E-state index in [1.807, 2.05) is 13.1 Å². The Morgan fingerprint density at radius 2 is 1.84 bits per heavy atom. The zero-order valence-electron chi connectivity index (χ0n) is 15.2. The van der Waals surface area contributed by atoms with Crippen LogP contribution in [0.25, 0.3) is 0 Å². The van der Waals surface area contributed by atoms with Gasteiger partial charge in [-0.15, -0.1) is 11.8 Å². The van der Waals surface area contributed by atoms with E-state index in [1.54, 1.807) is 36.0 Å². The maximum Gasteiger partial charge on any atom is 0.159 e. The fraction of sp³-hybridized carbons (Fsp3) is 0.286. The van der Waals surface area contributed by atoms with Crippen molar-refractivity contribution in [2.45, 2.75) is 31.6 Å². The van der Waals surface area contributed by atoms with Crippen LogP contribution < -0.4 is 0 Å². The van der Waals surface area contributed by atoms with Gasteiger partial charge in [-0.2, -0.15) is 5.26 Å². The highest BCUT2D eigenvalue weighted by Crippen LogP contribution is 2.16. The van der Waals surface area contributed by atoms with E-state index in [2.05, 4.69) is 42.4 Å². The molecule has 0 bridgehead atoms. The van der Waals surface area contributed by atoms with Crippen molar-refractivity contribution in [3.63, 3.8) is 0 Å². The van der Waals surface area contributed by atoms with Crippen LogP contribution in [0.3, 0.4) is 0 Å². The molecule has 0 aromatic heterocycles. The maximum atomic E-state index is 10.8. The van der Waals surface area contributed by atoms with Gasteiger partial charge in [0.25, 0.3) is 0 Å². The Morgan fingerprint density at radius 3 is 2.32 bits per heavy atom. The lowest BCUT2D eigenvalue weighted by Crippen LogP contribution is -1.99. The summed E-state index contributed by atoms with van der Waals surface area (Å²) in [7, 11) is 1.87. The summed E-state index contributed by atoms with van der Waals surface area (Å²) in [5, 5.41) is 8.48. The summed E-state index contributed by atoms with van der Waals surface area (Å²) >= 11 is 1.77. The van der Waals surface area contributed by atoms with Gasteiger partial charge in [-0.05, 0) is 49.4 Å². The number of nitrogens with zero attached hydrogens (tertiary/aromatic N) is 2. The predicted molar refractivity (Wildman–Crippen MR) is 107 cm³/mol. The number of carbonyl (C=O) groups excluding carboxylic acids is 1. The number of thioether (sulfide) groups is 1. The summed E-state index contributed by atoms with van der Waals surface area (Å²) in [4.78, 5) is 16.4. The molecule has 0 N–H and O–H groups in total. The molecule has 0 atom stereocenters. The molecule has 25 heavy (non-hydrogen) atoms. The Labute approximate surface area is 154 Å². The normalized spacial score (nSPS) is 10.4. The second-order valence-electron chi connectivity index (χ2n) is 5.40. The highest BCUT2D eigenvalue weighted by atomic mass is 32.2. The van der Waals surface area contributed by atoms with E-state index in [-0.39, 0.29) is 5.78 Å². The number of benzene rings is 2. The molecule has 0 aliphatic heterocycles. The molecule has 0 amide bonds. The van der Waals surface area contributed by atoms with Crippen molar-refractivity contribution in [2.24, 2.45) is 4.99 Å². The van der Waals surface area contributed by atoms with Gasteiger partial charge in [0, 0.05) is 23.2 Å². The van der Waals surface area contributed by atoms with Crippen molar-refractivity contribution < 1.29 is 4.79 Å². The average molecular weight is 353 g/mol. The Balaban J connectivity index is 0.000000257. The van der Waals surface area contributed by atoms with E-state index in [0.29, 0.717) is 11.1 Å². The van der Waals surface area contributed by atoms with E-state index in [9.17, 15) is 4.79 Å². The SMILES string of the molecule is CC(=O)c1cccc(C#N)c1.CCCC(=NC)c1ccc(SC)cc1. The molecule has 2 aromatic carbocycles. The van der Waals surface area contributed by atoms with Crippen LogP contribution in [0.15, 0.2) is 58.4 Å². The standard InChI is InChI=1S/C12H17NS.C9H7NO/c1-4-5-12(13-2)10-6-8-11(14-3)9-7-10;1-7(11)9-4-2-3-8(5-9)6-10/h6-9H,4-5H2,1-3H3;2-5H,1H3. The highest BCUT2D eigenvalue weighted by Gasteiger charge is 2.01. The van der Waals surface area contributed by atoms with Crippen LogP contribution >= 0.6 is 11.8 Å². The first kappa shape index (κ1) is 20.7. The number of aliphatic imine (C=N–C) groups is 1. The van der Waals surface area contributed by atoms with Gasteiger partial charge < -0.3 is 0 Å². The Morgan fingerprint density at radius 1 is 1.16 bits per heavy atom. The molecule has 0 saturated heterocycles. The minimum absolute atomic E-state index is 0.0119. The van der Waals surface area contributed by atoms with E-state index in [0.717, 1.165) is 12.8 Å². The zero-order chi connectivity index (χ0) is 18.7. The van der Waals surface area contributed by atoms with E-state index in [1.165, 1.54) is 23.1 Å². The first-order chi connectivity index (χ1) is 12.0. The van der Waals surface area contributed by atoms with Gasteiger partial charge in [0.15, 0.2) is 5.78 Å². The molecular formula is C21H24N2OS. The average Bonchev–Trinajstić information content (AvgIpc) is 2.66. The summed E-state index contributed by atoms with van der Waals surface area (Å²) in [6.07, 6.45) is 4.31. The van der Waals surface area contributed by atoms with Gasteiger partial charge in [-0.25, -0.2) is 0 Å². The third-order valence-electron chi connectivity index (χ3n) is 3.58. The van der Waals surface area contributed by atoms with Crippen molar-refractivity contribution in [3.05, 3.63) is 65.2 Å². The molecule has 0 aliphatic rings. The monoisotopic (exact) mass is 352 g/mol. The van der Waals surface area contributed by atoms with Gasteiger partial charge in [0.05, 0.1) is 11.6 Å². The van der Waals surface area contributed by atoms with Crippen LogP contribution in [-0.2, 0) is 0 Å². The van der Waals surface area contributed by atoms with Gasteiger partial charge in [0.2, 0.25) is 0 Å². The topological polar surface area (TPSA) is 53.2 Å². The highest BCUT2D eigenvalue weighted by molar-refractivity contribution is 7.98. The Bertz CT molecular complexity index is 758. The minimum Gasteiger partial charge on any atom is -0.295 e. The zero-order valence-corrected chi connectivity index (χ0v) is 16.1. The number of rotatable bonds is 5. The molecule has 0 heterocycles. The quantitative estimate of drug-likeness (QED) is 0.412. The summed E-state index contributed by atoms with van der Waals surface area (Å²) in [6, 6.07) is 17.3. The van der Waals surface area contributed by atoms with Crippen LogP contribution in [-0.4, -0.2) is 24.8 Å². The molecule has 2 aromatic rings. The van der Waals surface area contributed by atoms with Crippen molar-refractivity contribution in [3.8, 4) is 6.07 Å². The molecule has 130 valence electrons. The van der Waals surface area contributed by atoms with Gasteiger partial charge >= 0.3 is 0 Å². The number of ketones is 1. The van der Waals surface area contributed by atoms with E-state index in [4.69, 9.17) is 5.26 Å². The fourth-order valence-corrected chi connectivity index (χ4v) is 2.62. The summed E-state index contributed by atoms with van der Waals surface area (Å²) < 4.78 is 0. The van der Waals surface area contributed by atoms with E-state index < -0.39 is 0 Å². The third-order valence-corrected chi connectivity index (χ3v) is 4.32. The smallest absolute Gasteiger partial charge is 0.159 e. The number of hydrogen-bond acceptors (Lipinski definition) is 4. The summed E-state index contributed by atoms with van der Waals surface area (Å²) in [6.45, 7) is 3.66. The number of Topliss-reactive ketones (excluding diaryl/α,β-unsaturated/α-hetero) is 1. The molecule has 0 spiro atoms.